The summed E-state index contributed by atoms with van der Waals surface area (Å²) in [6.07, 6.45) is 7.77. The normalized spacial score (nSPS) is 13.0. The highest BCUT2D eigenvalue weighted by molar-refractivity contribution is 5.36. The number of hydrogen-bond donors (Lipinski definition) is 1. The van der Waals surface area contributed by atoms with Crippen LogP contribution in [0.2, 0.25) is 0 Å². The van der Waals surface area contributed by atoms with Gasteiger partial charge in [0.25, 0.3) is 0 Å². The molecular formula is C14H22N4. The first-order valence-electron chi connectivity index (χ1n) is 6.83. The lowest BCUT2D eigenvalue weighted by Crippen LogP contribution is -2.10. The minimum Gasteiger partial charge on any atom is -0.330 e. The van der Waals surface area contributed by atoms with Crippen LogP contribution in [0.3, 0.4) is 0 Å². The van der Waals surface area contributed by atoms with Gasteiger partial charge < -0.3 is 5.73 Å². The fraction of sp³-hybridized carbons (Fsp3) is 0.571. The molecule has 4 heteroatoms. The maximum Gasteiger partial charge on any atom is 0.160 e. The van der Waals surface area contributed by atoms with Gasteiger partial charge >= 0.3 is 0 Å². The predicted octanol–water partition coefficient (Wildman–Crippen LogP) is 2.43. The van der Waals surface area contributed by atoms with Crippen molar-refractivity contribution in [3.05, 3.63) is 30.2 Å². The topological polar surface area (TPSA) is 56.2 Å². The summed E-state index contributed by atoms with van der Waals surface area (Å²) in [7, 11) is 0. The van der Waals surface area contributed by atoms with Crippen molar-refractivity contribution in [1.29, 1.82) is 0 Å². The third kappa shape index (κ3) is 3.07. The molecule has 2 aromatic rings. The lowest BCUT2D eigenvalue weighted by atomic mass is 9.94. The molecule has 18 heavy (non-hydrogen) atoms. The standard InChI is InChI=1S/C14H22N4/c1-2-5-12(9-10-15)7-8-14-17-16-13-6-3-4-11-18(13)14/h3-4,6,11-12H,2,5,7-10,15H2,1H3. The van der Waals surface area contributed by atoms with Crippen molar-refractivity contribution in [3.8, 4) is 0 Å². The maximum atomic E-state index is 5.67. The number of nitrogens with zero attached hydrogens (tertiary/aromatic N) is 3. The van der Waals surface area contributed by atoms with E-state index in [1.807, 2.05) is 24.4 Å². The molecule has 0 saturated carbocycles. The van der Waals surface area contributed by atoms with Crippen LogP contribution < -0.4 is 5.73 Å². The molecule has 0 aliphatic rings. The molecule has 98 valence electrons. The summed E-state index contributed by atoms with van der Waals surface area (Å²) >= 11 is 0. The van der Waals surface area contributed by atoms with E-state index in [4.69, 9.17) is 5.73 Å². The van der Waals surface area contributed by atoms with Crippen LogP contribution >= 0.6 is 0 Å². The summed E-state index contributed by atoms with van der Waals surface area (Å²) in [4.78, 5) is 0. The number of aromatic nitrogens is 3. The third-order valence-electron chi connectivity index (χ3n) is 3.43. The van der Waals surface area contributed by atoms with Crippen LogP contribution in [-0.4, -0.2) is 21.1 Å². The van der Waals surface area contributed by atoms with E-state index in [-0.39, 0.29) is 0 Å². The monoisotopic (exact) mass is 246 g/mol. The number of hydrogen-bond acceptors (Lipinski definition) is 3. The van der Waals surface area contributed by atoms with Crippen LogP contribution in [0.4, 0.5) is 0 Å². The van der Waals surface area contributed by atoms with Gasteiger partial charge in [-0.1, -0.05) is 25.8 Å². The van der Waals surface area contributed by atoms with Gasteiger partial charge in [0, 0.05) is 12.6 Å². The van der Waals surface area contributed by atoms with Crippen molar-refractivity contribution in [3.63, 3.8) is 0 Å². The summed E-state index contributed by atoms with van der Waals surface area (Å²) in [5, 5.41) is 8.45. The van der Waals surface area contributed by atoms with Gasteiger partial charge in [-0.25, -0.2) is 0 Å². The van der Waals surface area contributed by atoms with Gasteiger partial charge in [0.2, 0.25) is 0 Å². The molecule has 0 aliphatic heterocycles. The second-order valence-corrected chi connectivity index (χ2v) is 4.82. The van der Waals surface area contributed by atoms with Gasteiger partial charge in [-0.3, -0.25) is 4.40 Å². The highest BCUT2D eigenvalue weighted by Crippen LogP contribution is 2.17. The van der Waals surface area contributed by atoms with Crippen LogP contribution in [0.15, 0.2) is 24.4 Å². The molecule has 1 atom stereocenters. The molecule has 2 N–H and O–H groups in total. The second kappa shape index (κ2) is 6.50. The van der Waals surface area contributed by atoms with Crippen molar-refractivity contribution in [2.45, 2.75) is 39.0 Å². The van der Waals surface area contributed by atoms with E-state index in [9.17, 15) is 0 Å². The molecule has 0 saturated heterocycles. The molecule has 1 unspecified atom stereocenters. The Balaban J connectivity index is 2.00. The second-order valence-electron chi connectivity index (χ2n) is 4.82. The van der Waals surface area contributed by atoms with Crippen molar-refractivity contribution in [1.82, 2.24) is 14.6 Å². The molecule has 2 heterocycles. The van der Waals surface area contributed by atoms with Crippen molar-refractivity contribution < 1.29 is 0 Å². The molecule has 4 nitrogen and oxygen atoms in total. The number of nitrogens with two attached hydrogens (primary N) is 1. The van der Waals surface area contributed by atoms with Crippen molar-refractivity contribution in [2.75, 3.05) is 6.54 Å². The number of aryl methyl sites for hydroxylation is 1. The van der Waals surface area contributed by atoms with E-state index in [0.717, 1.165) is 43.2 Å². The molecule has 0 spiro atoms. The number of fused-ring (bicyclic) bond motifs is 1. The highest BCUT2D eigenvalue weighted by Gasteiger charge is 2.10. The summed E-state index contributed by atoms with van der Waals surface area (Å²) in [6.45, 7) is 3.02. The summed E-state index contributed by atoms with van der Waals surface area (Å²) < 4.78 is 2.07. The molecular weight excluding hydrogens is 224 g/mol. The first-order valence-corrected chi connectivity index (χ1v) is 6.83. The number of rotatable bonds is 7. The average molecular weight is 246 g/mol. The quantitative estimate of drug-likeness (QED) is 0.816. The lowest BCUT2D eigenvalue weighted by Gasteiger charge is -2.14. The molecule has 0 amide bonds. The fourth-order valence-electron chi connectivity index (χ4n) is 2.47. The minimum atomic E-state index is 0.719. The molecule has 2 rings (SSSR count). The van der Waals surface area contributed by atoms with Gasteiger partial charge in [-0.2, -0.15) is 0 Å². The van der Waals surface area contributed by atoms with E-state index >= 15 is 0 Å². The van der Waals surface area contributed by atoms with Crippen LogP contribution in [0, 0.1) is 5.92 Å². The van der Waals surface area contributed by atoms with Gasteiger partial charge in [0.05, 0.1) is 0 Å². The first-order chi connectivity index (χ1) is 8.85. The van der Waals surface area contributed by atoms with E-state index in [1.54, 1.807) is 0 Å². The maximum absolute atomic E-state index is 5.67. The smallest absolute Gasteiger partial charge is 0.160 e. The summed E-state index contributed by atoms with van der Waals surface area (Å²) in [6, 6.07) is 5.99. The molecule has 2 aromatic heterocycles. The Morgan fingerprint density at radius 2 is 2.11 bits per heavy atom. The van der Waals surface area contributed by atoms with Gasteiger partial charge in [0.15, 0.2) is 5.65 Å². The molecule has 0 fully saturated rings. The first kappa shape index (κ1) is 13.0. The summed E-state index contributed by atoms with van der Waals surface area (Å²) in [5.41, 5.74) is 6.60. The van der Waals surface area contributed by atoms with E-state index in [0.29, 0.717) is 0 Å². The van der Waals surface area contributed by atoms with Crippen LogP contribution in [-0.2, 0) is 6.42 Å². The van der Waals surface area contributed by atoms with Crippen molar-refractivity contribution >= 4 is 5.65 Å². The molecule has 0 radical (unpaired) electrons. The zero-order valence-electron chi connectivity index (χ0n) is 11.0. The Kier molecular flexibility index (Phi) is 4.70. The Morgan fingerprint density at radius 1 is 1.22 bits per heavy atom. The van der Waals surface area contributed by atoms with Crippen LogP contribution in [0.5, 0.6) is 0 Å². The summed E-state index contributed by atoms with van der Waals surface area (Å²) in [5.74, 6) is 1.78. The Hall–Kier alpha value is -1.42. The zero-order valence-corrected chi connectivity index (χ0v) is 11.0. The number of pyridine rings is 1. The highest BCUT2D eigenvalue weighted by atomic mass is 15.2. The van der Waals surface area contributed by atoms with Crippen LogP contribution in [0.25, 0.3) is 5.65 Å². The zero-order chi connectivity index (χ0) is 12.8. The Bertz CT molecular complexity index is 471. The lowest BCUT2D eigenvalue weighted by molar-refractivity contribution is 0.417. The fourth-order valence-corrected chi connectivity index (χ4v) is 2.47. The van der Waals surface area contributed by atoms with Crippen LogP contribution in [0.1, 0.15) is 38.4 Å². The minimum absolute atomic E-state index is 0.719. The Labute approximate surface area is 108 Å². The van der Waals surface area contributed by atoms with Gasteiger partial charge in [0.1, 0.15) is 5.82 Å². The van der Waals surface area contributed by atoms with Gasteiger partial charge in [-0.15, -0.1) is 10.2 Å². The average Bonchev–Trinajstić information content (AvgIpc) is 2.80. The largest absolute Gasteiger partial charge is 0.330 e. The Morgan fingerprint density at radius 3 is 2.89 bits per heavy atom. The van der Waals surface area contributed by atoms with Crippen molar-refractivity contribution in [2.24, 2.45) is 11.7 Å². The van der Waals surface area contributed by atoms with E-state index in [1.165, 1.54) is 12.8 Å². The SMILES string of the molecule is CCCC(CCN)CCc1nnc2ccccn12. The predicted molar refractivity (Wildman–Crippen MR) is 73.4 cm³/mol. The third-order valence-corrected chi connectivity index (χ3v) is 3.43. The molecule has 0 aromatic carbocycles. The molecule has 0 aliphatic carbocycles. The van der Waals surface area contributed by atoms with E-state index in [2.05, 4.69) is 21.5 Å². The van der Waals surface area contributed by atoms with E-state index < -0.39 is 0 Å². The molecule has 0 bridgehead atoms. The van der Waals surface area contributed by atoms with Gasteiger partial charge in [-0.05, 0) is 37.4 Å².